The van der Waals surface area contributed by atoms with Gasteiger partial charge in [-0.25, -0.2) is 4.39 Å². The monoisotopic (exact) mass is 336 g/mol. The van der Waals surface area contributed by atoms with Crippen LogP contribution in [0.1, 0.15) is 15.9 Å². The highest BCUT2D eigenvalue weighted by Gasteiger charge is 2.14. The number of anilines is 1. The summed E-state index contributed by atoms with van der Waals surface area (Å²) in [5.74, 6) is -0.583. The average molecular weight is 336 g/mol. The van der Waals surface area contributed by atoms with Crippen molar-refractivity contribution < 1.29 is 9.18 Å². The van der Waals surface area contributed by atoms with Gasteiger partial charge in [0.2, 0.25) is 0 Å². The predicted octanol–water partition coefficient (Wildman–Crippen LogP) is 3.31. The number of hydrogen-bond donors (Lipinski definition) is 0. The molecule has 0 fully saturated rings. The van der Waals surface area contributed by atoms with Crippen molar-refractivity contribution >= 4 is 11.6 Å². The minimum atomic E-state index is -0.360. The molecule has 1 aromatic heterocycles. The van der Waals surface area contributed by atoms with Gasteiger partial charge in [0.1, 0.15) is 5.82 Å². The maximum atomic E-state index is 13.3. The van der Waals surface area contributed by atoms with Crippen molar-refractivity contribution in [3.63, 3.8) is 0 Å². The Morgan fingerprint density at radius 3 is 2.52 bits per heavy atom. The maximum Gasteiger partial charge on any atom is 0.259 e. The van der Waals surface area contributed by atoms with Crippen LogP contribution in [0.2, 0.25) is 0 Å². The van der Waals surface area contributed by atoms with Crippen LogP contribution in [0.25, 0.3) is 0 Å². The van der Waals surface area contributed by atoms with Crippen LogP contribution < -0.4 is 10.5 Å². The van der Waals surface area contributed by atoms with E-state index in [0.29, 0.717) is 11.1 Å². The molecular formula is C20H17FN2O2. The summed E-state index contributed by atoms with van der Waals surface area (Å²) in [6.07, 6.45) is 1.51. The average Bonchev–Trinajstić information content (AvgIpc) is 2.63. The first-order chi connectivity index (χ1) is 12.0. The zero-order valence-corrected chi connectivity index (χ0v) is 13.7. The maximum absolute atomic E-state index is 13.3. The molecule has 1 amide bonds. The third kappa shape index (κ3) is 3.83. The number of amides is 1. The molecule has 3 rings (SSSR count). The van der Waals surface area contributed by atoms with Crippen LogP contribution in [-0.4, -0.2) is 17.5 Å². The van der Waals surface area contributed by atoms with Gasteiger partial charge in [0.15, 0.2) is 0 Å². The van der Waals surface area contributed by atoms with Crippen molar-refractivity contribution in [2.45, 2.75) is 6.54 Å². The smallest absolute Gasteiger partial charge is 0.259 e. The van der Waals surface area contributed by atoms with Crippen LogP contribution in [0.3, 0.4) is 0 Å². The second kappa shape index (κ2) is 7.13. The Morgan fingerprint density at radius 2 is 1.80 bits per heavy atom. The number of rotatable bonds is 4. The van der Waals surface area contributed by atoms with E-state index in [9.17, 15) is 14.0 Å². The van der Waals surface area contributed by atoms with Crippen molar-refractivity contribution in [1.82, 2.24) is 4.57 Å². The number of nitrogens with zero attached hydrogens (tertiary/aromatic N) is 2. The minimum Gasteiger partial charge on any atom is -0.311 e. The van der Waals surface area contributed by atoms with E-state index < -0.39 is 0 Å². The first-order valence-corrected chi connectivity index (χ1v) is 7.82. The van der Waals surface area contributed by atoms with Gasteiger partial charge in [-0.3, -0.25) is 9.59 Å². The van der Waals surface area contributed by atoms with Crippen LogP contribution in [0.15, 0.2) is 77.7 Å². The summed E-state index contributed by atoms with van der Waals surface area (Å²) in [7, 11) is 1.68. The third-order valence-electron chi connectivity index (χ3n) is 3.92. The fourth-order valence-electron chi connectivity index (χ4n) is 2.58. The van der Waals surface area contributed by atoms with Crippen molar-refractivity contribution in [2.24, 2.45) is 0 Å². The van der Waals surface area contributed by atoms with Crippen LogP contribution in [0, 0.1) is 5.82 Å². The van der Waals surface area contributed by atoms with Gasteiger partial charge in [-0.05, 0) is 35.9 Å². The number of aromatic nitrogens is 1. The second-order valence-electron chi connectivity index (χ2n) is 5.71. The highest BCUT2D eigenvalue weighted by Crippen LogP contribution is 2.14. The Morgan fingerprint density at radius 1 is 1.04 bits per heavy atom. The quantitative estimate of drug-likeness (QED) is 0.733. The molecule has 126 valence electrons. The topological polar surface area (TPSA) is 42.3 Å². The summed E-state index contributed by atoms with van der Waals surface area (Å²) in [5, 5.41) is 0. The summed E-state index contributed by atoms with van der Waals surface area (Å²) in [5.41, 5.74) is 1.56. The first-order valence-electron chi connectivity index (χ1n) is 7.82. The van der Waals surface area contributed by atoms with Gasteiger partial charge in [0, 0.05) is 25.0 Å². The van der Waals surface area contributed by atoms with Gasteiger partial charge in [0.25, 0.3) is 11.5 Å². The van der Waals surface area contributed by atoms with Gasteiger partial charge in [0.05, 0.1) is 12.1 Å². The molecular weight excluding hydrogens is 319 g/mol. The van der Waals surface area contributed by atoms with Crippen molar-refractivity contribution in [2.75, 3.05) is 11.9 Å². The number of carbonyl (C=O) groups excluding carboxylic acids is 1. The van der Waals surface area contributed by atoms with Crippen molar-refractivity contribution in [3.8, 4) is 0 Å². The summed E-state index contributed by atoms with van der Waals surface area (Å²) >= 11 is 0. The fourth-order valence-corrected chi connectivity index (χ4v) is 2.58. The van der Waals surface area contributed by atoms with E-state index in [1.165, 1.54) is 39.9 Å². The minimum absolute atomic E-state index is 0.201. The third-order valence-corrected chi connectivity index (χ3v) is 3.92. The van der Waals surface area contributed by atoms with E-state index in [4.69, 9.17) is 0 Å². The summed E-state index contributed by atoms with van der Waals surface area (Å²) < 4.78 is 14.7. The molecule has 3 aromatic rings. The predicted molar refractivity (Wildman–Crippen MR) is 95.4 cm³/mol. The molecule has 0 radical (unpaired) electrons. The zero-order valence-electron chi connectivity index (χ0n) is 13.7. The van der Waals surface area contributed by atoms with E-state index in [1.54, 1.807) is 19.2 Å². The molecule has 5 heteroatoms. The Hall–Kier alpha value is -3.21. The molecule has 0 N–H and O–H groups in total. The molecule has 0 bridgehead atoms. The Bertz CT molecular complexity index is 951. The van der Waals surface area contributed by atoms with Crippen LogP contribution >= 0.6 is 0 Å². The summed E-state index contributed by atoms with van der Waals surface area (Å²) in [6.45, 7) is 0.201. The molecule has 0 unspecified atom stereocenters. The first kappa shape index (κ1) is 16.6. The van der Waals surface area contributed by atoms with E-state index >= 15 is 0 Å². The van der Waals surface area contributed by atoms with Gasteiger partial charge in [-0.1, -0.05) is 30.3 Å². The lowest BCUT2D eigenvalue weighted by atomic mass is 10.2. The molecule has 0 saturated carbocycles. The lowest BCUT2D eigenvalue weighted by Crippen LogP contribution is -2.28. The zero-order chi connectivity index (χ0) is 17.8. The van der Waals surface area contributed by atoms with Crippen LogP contribution in [-0.2, 0) is 6.54 Å². The number of hydrogen-bond acceptors (Lipinski definition) is 2. The van der Waals surface area contributed by atoms with Gasteiger partial charge in [-0.2, -0.15) is 0 Å². The second-order valence-corrected chi connectivity index (χ2v) is 5.71. The lowest BCUT2D eigenvalue weighted by Gasteiger charge is -2.18. The van der Waals surface area contributed by atoms with E-state index in [0.717, 1.165) is 5.69 Å². The van der Waals surface area contributed by atoms with Crippen LogP contribution in [0.4, 0.5) is 10.1 Å². The molecule has 0 spiro atoms. The van der Waals surface area contributed by atoms with Crippen molar-refractivity contribution in [3.05, 3.63) is 100 Å². The number of halogens is 1. The Labute approximate surface area is 144 Å². The molecule has 0 aliphatic carbocycles. The van der Waals surface area contributed by atoms with Crippen molar-refractivity contribution in [1.29, 1.82) is 0 Å². The van der Waals surface area contributed by atoms with Gasteiger partial charge in [-0.15, -0.1) is 0 Å². The molecule has 1 heterocycles. The Balaban J connectivity index is 1.88. The van der Waals surface area contributed by atoms with E-state index in [-0.39, 0.29) is 23.8 Å². The molecule has 0 saturated heterocycles. The molecule has 25 heavy (non-hydrogen) atoms. The highest BCUT2D eigenvalue weighted by molar-refractivity contribution is 6.05. The van der Waals surface area contributed by atoms with E-state index in [1.807, 2.05) is 30.3 Å². The number of carbonyl (C=O) groups is 1. The number of benzene rings is 2. The number of para-hydroxylation sites is 1. The van der Waals surface area contributed by atoms with E-state index in [2.05, 4.69) is 0 Å². The van der Waals surface area contributed by atoms with Crippen LogP contribution in [0.5, 0.6) is 0 Å². The standard InChI is InChI=1S/C20H17FN2O2/c1-22(18-8-3-2-4-9-18)20(25)16-10-11-19(24)23(14-16)13-15-6-5-7-17(21)12-15/h2-12,14H,13H2,1H3. The number of pyridine rings is 1. The SMILES string of the molecule is CN(C(=O)c1ccc(=O)n(Cc2cccc(F)c2)c1)c1ccccc1. The van der Waals surface area contributed by atoms with Gasteiger partial charge < -0.3 is 9.47 Å². The summed E-state index contributed by atoms with van der Waals surface area (Å²) in [4.78, 5) is 26.3. The molecule has 2 aromatic carbocycles. The van der Waals surface area contributed by atoms with Gasteiger partial charge >= 0.3 is 0 Å². The largest absolute Gasteiger partial charge is 0.311 e. The molecule has 0 aliphatic heterocycles. The molecule has 4 nitrogen and oxygen atoms in total. The lowest BCUT2D eigenvalue weighted by molar-refractivity contribution is 0.0992. The molecule has 0 atom stereocenters. The summed E-state index contributed by atoms with van der Waals surface area (Å²) in [6, 6.07) is 18.2. The normalized spacial score (nSPS) is 10.5. The molecule has 0 aliphatic rings. The Kier molecular flexibility index (Phi) is 4.75. The fraction of sp³-hybridized carbons (Fsp3) is 0.100. The highest BCUT2D eigenvalue weighted by atomic mass is 19.1.